The van der Waals surface area contributed by atoms with Gasteiger partial charge in [0.2, 0.25) is 0 Å². The molecule has 176 valence electrons. The highest BCUT2D eigenvalue weighted by Gasteiger charge is 2.25. The molecule has 0 amide bonds. The fourth-order valence-corrected chi connectivity index (χ4v) is 5.69. The fraction of sp³-hybridized carbons (Fsp3) is 0.304. The maximum Gasteiger partial charge on any atom is 0.265 e. The smallest absolute Gasteiger partial charge is 0.265 e. The second-order valence-corrected chi connectivity index (χ2v) is 9.90. The molecule has 0 bridgehead atoms. The molecular weight excluding hydrogens is 452 g/mol. The molecule has 4 aromatic rings. The average Bonchev–Trinajstić information content (AvgIpc) is 3.26. The van der Waals surface area contributed by atoms with Crippen molar-refractivity contribution in [2.24, 2.45) is 7.05 Å². The summed E-state index contributed by atoms with van der Waals surface area (Å²) in [7, 11) is -1.83. The van der Waals surface area contributed by atoms with E-state index >= 15 is 0 Å². The van der Waals surface area contributed by atoms with E-state index in [1.165, 1.54) is 10.5 Å². The van der Waals surface area contributed by atoms with Crippen molar-refractivity contribution >= 4 is 38.4 Å². The number of nitrogens with zero attached hydrogens (tertiary/aromatic N) is 8. The number of piperazine rings is 1. The van der Waals surface area contributed by atoms with E-state index < -0.39 is 10.0 Å². The number of para-hydroxylation sites is 1. The predicted octanol–water partition coefficient (Wildman–Crippen LogP) is 2.30. The Morgan fingerprint density at radius 2 is 1.65 bits per heavy atom. The van der Waals surface area contributed by atoms with Gasteiger partial charge in [0, 0.05) is 46.0 Å². The summed E-state index contributed by atoms with van der Waals surface area (Å²) in [4.78, 5) is 17.9. The second kappa shape index (κ2) is 8.90. The minimum absolute atomic E-state index is 0.181. The highest BCUT2D eigenvalue weighted by atomic mass is 32.2. The Kier molecular flexibility index (Phi) is 5.78. The third-order valence-corrected chi connectivity index (χ3v) is 7.94. The molecule has 1 aromatic carbocycles. The van der Waals surface area contributed by atoms with E-state index in [1.807, 2.05) is 32.2 Å². The minimum Gasteiger partial charge on any atom is -0.353 e. The normalized spacial score (nSPS) is 14.5. The lowest BCUT2D eigenvalue weighted by Crippen LogP contribution is -2.47. The molecule has 1 aliphatic rings. The molecule has 0 N–H and O–H groups in total. The zero-order chi connectivity index (χ0) is 23.7. The molecule has 0 radical (unpaired) electrons. The van der Waals surface area contributed by atoms with Gasteiger partial charge in [0.05, 0.1) is 17.3 Å². The van der Waals surface area contributed by atoms with Crippen molar-refractivity contribution in [2.75, 3.05) is 46.8 Å². The van der Waals surface area contributed by atoms with Crippen molar-refractivity contribution in [3.63, 3.8) is 0 Å². The van der Waals surface area contributed by atoms with E-state index in [0.717, 1.165) is 48.8 Å². The molecule has 0 unspecified atom stereocenters. The lowest BCUT2D eigenvalue weighted by molar-refractivity contribution is 0.591. The van der Waals surface area contributed by atoms with Gasteiger partial charge in [-0.15, -0.1) is 0 Å². The van der Waals surface area contributed by atoms with E-state index in [-0.39, 0.29) is 4.90 Å². The van der Waals surface area contributed by atoms with E-state index in [4.69, 9.17) is 0 Å². The standard InChI is InChI=1S/C23H26N8O2S/c1-3-31(18-7-5-4-6-8-18)34(32,33)19-9-10-21(24-15-19)29-11-13-30(14-12-29)23-20-16-27-28(2)22(20)25-17-26-23/h4-10,15-17H,3,11-14H2,1-2H3. The van der Waals surface area contributed by atoms with E-state index in [2.05, 4.69) is 29.9 Å². The van der Waals surface area contributed by atoms with Crippen molar-refractivity contribution < 1.29 is 8.42 Å². The number of rotatable bonds is 6. The molecular formula is C23H26N8O2S. The van der Waals surface area contributed by atoms with Crippen molar-refractivity contribution in [3.8, 4) is 0 Å². The number of anilines is 3. The number of pyridine rings is 1. The van der Waals surface area contributed by atoms with Crippen LogP contribution in [0.2, 0.25) is 0 Å². The van der Waals surface area contributed by atoms with Crippen LogP contribution in [0.5, 0.6) is 0 Å². The van der Waals surface area contributed by atoms with Crippen LogP contribution in [0.15, 0.2) is 66.1 Å². The summed E-state index contributed by atoms with van der Waals surface area (Å²) in [6.45, 7) is 5.18. The fourth-order valence-electron chi connectivity index (χ4n) is 4.27. The van der Waals surface area contributed by atoms with Gasteiger partial charge in [-0.3, -0.25) is 8.99 Å². The number of fused-ring (bicyclic) bond motifs is 1. The van der Waals surface area contributed by atoms with Gasteiger partial charge >= 0.3 is 0 Å². The number of aromatic nitrogens is 5. The molecule has 3 aromatic heterocycles. The van der Waals surface area contributed by atoms with Gasteiger partial charge in [0.15, 0.2) is 5.65 Å². The Bertz CT molecular complexity index is 1380. The highest BCUT2D eigenvalue weighted by molar-refractivity contribution is 7.92. The number of sulfonamides is 1. The molecule has 1 fully saturated rings. The number of aryl methyl sites for hydroxylation is 1. The van der Waals surface area contributed by atoms with Crippen LogP contribution in [0, 0.1) is 0 Å². The summed E-state index contributed by atoms with van der Waals surface area (Å²) in [5.74, 6) is 1.64. The molecule has 0 aliphatic carbocycles. The van der Waals surface area contributed by atoms with Crippen molar-refractivity contribution in [3.05, 3.63) is 61.2 Å². The van der Waals surface area contributed by atoms with Crippen LogP contribution >= 0.6 is 0 Å². The molecule has 0 spiro atoms. The van der Waals surface area contributed by atoms with Gasteiger partial charge in [0.1, 0.15) is 22.9 Å². The first kappa shape index (κ1) is 22.1. The summed E-state index contributed by atoms with van der Waals surface area (Å²) in [6.07, 6.45) is 4.82. The minimum atomic E-state index is -3.69. The van der Waals surface area contributed by atoms with Crippen molar-refractivity contribution in [2.45, 2.75) is 11.8 Å². The predicted molar refractivity (Wildman–Crippen MR) is 132 cm³/mol. The van der Waals surface area contributed by atoms with Crippen molar-refractivity contribution in [1.29, 1.82) is 0 Å². The summed E-state index contributed by atoms with van der Waals surface area (Å²) in [5, 5.41) is 5.23. The zero-order valence-electron chi connectivity index (χ0n) is 19.1. The molecule has 34 heavy (non-hydrogen) atoms. The summed E-state index contributed by atoms with van der Waals surface area (Å²) in [6, 6.07) is 12.5. The maximum atomic E-state index is 13.2. The first-order chi connectivity index (χ1) is 16.5. The summed E-state index contributed by atoms with van der Waals surface area (Å²) < 4.78 is 29.5. The number of hydrogen-bond acceptors (Lipinski definition) is 8. The van der Waals surface area contributed by atoms with Gasteiger partial charge < -0.3 is 9.80 Å². The van der Waals surface area contributed by atoms with E-state index in [1.54, 1.807) is 41.5 Å². The topological polar surface area (TPSA) is 100 Å². The maximum absolute atomic E-state index is 13.2. The van der Waals surface area contributed by atoms with Gasteiger partial charge in [-0.25, -0.2) is 23.4 Å². The third kappa shape index (κ3) is 3.92. The Morgan fingerprint density at radius 3 is 2.32 bits per heavy atom. The quantitative estimate of drug-likeness (QED) is 0.416. The molecule has 4 heterocycles. The number of hydrogen-bond donors (Lipinski definition) is 0. The molecule has 1 aliphatic heterocycles. The molecule has 1 saturated heterocycles. The Balaban J connectivity index is 1.30. The average molecular weight is 479 g/mol. The van der Waals surface area contributed by atoms with Crippen LogP contribution in [0.4, 0.5) is 17.3 Å². The molecule has 0 saturated carbocycles. The van der Waals surface area contributed by atoms with Crippen LogP contribution in [0.3, 0.4) is 0 Å². The van der Waals surface area contributed by atoms with Gasteiger partial charge in [-0.1, -0.05) is 18.2 Å². The number of benzene rings is 1. The first-order valence-electron chi connectivity index (χ1n) is 11.2. The lowest BCUT2D eigenvalue weighted by atomic mass is 10.2. The van der Waals surface area contributed by atoms with Crippen LogP contribution in [-0.2, 0) is 17.1 Å². The lowest BCUT2D eigenvalue weighted by Gasteiger charge is -2.36. The largest absolute Gasteiger partial charge is 0.353 e. The molecule has 0 atom stereocenters. The van der Waals surface area contributed by atoms with Crippen molar-refractivity contribution in [1.82, 2.24) is 24.7 Å². The van der Waals surface area contributed by atoms with Gasteiger partial charge in [-0.2, -0.15) is 5.10 Å². The van der Waals surface area contributed by atoms with E-state index in [9.17, 15) is 8.42 Å². The van der Waals surface area contributed by atoms with Crippen LogP contribution in [0.25, 0.3) is 11.0 Å². The van der Waals surface area contributed by atoms with Crippen LogP contribution in [0.1, 0.15) is 6.92 Å². The highest BCUT2D eigenvalue weighted by Crippen LogP contribution is 2.26. The Morgan fingerprint density at radius 1 is 0.912 bits per heavy atom. The zero-order valence-corrected chi connectivity index (χ0v) is 19.9. The third-order valence-electron chi connectivity index (χ3n) is 6.05. The molecule has 11 heteroatoms. The van der Waals surface area contributed by atoms with E-state index in [0.29, 0.717) is 12.2 Å². The SMILES string of the molecule is CCN(c1ccccc1)S(=O)(=O)c1ccc(N2CCN(c3ncnc4c3cnn4C)CC2)nc1. The van der Waals surface area contributed by atoms with Gasteiger partial charge in [0.25, 0.3) is 10.0 Å². The molecule has 10 nitrogen and oxygen atoms in total. The Hall–Kier alpha value is -3.73. The van der Waals surface area contributed by atoms with Gasteiger partial charge in [-0.05, 0) is 31.2 Å². The summed E-state index contributed by atoms with van der Waals surface area (Å²) in [5.41, 5.74) is 1.44. The first-order valence-corrected chi connectivity index (χ1v) is 12.6. The summed E-state index contributed by atoms with van der Waals surface area (Å²) >= 11 is 0. The Labute approximate surface area is 198 Å². The van der Waals surface area contributed by atoms with Crippen LogP contribution < -0.4 is 14.1 Å². The second-order valence-electron chi connectivity index (χ2n) is 8.03. The monoisotopic (exact) mass is 478 g/mol. The molecule has 5 rings (SSSR count). The van der Waals surface area contributed by atoms with Crippen LogP contribution in [-0.4, -0.2) is 65.9 Å².